The van der Waals surface area contributed by atoms with Crippen LogP contribution in [0.25, 0.3) is 10.9 Å². The summed E-state index contributed by atoms with van der Waals surface area (Å²) < 4.78 is 30.0. The first-order valence-corrected chi connectivity index (χ1v) is 9.08. The average Bonchev–Trinajstić information content (AvgIpc) is 2.54. The van der Waals surface area contributed by atoms with Gasteiger partial charge in [-0.2, -0.15) is 8.78 Å². The molecule has 2 aromatic rings. The molecule has 1 fully saturated rings. The molecule has 0 spiro atoms. The number of nitrogens with one attached hydrogen (secondary N) is 1. The highest BCUT2D eigenvalue weighted by atomic mass is 127. The van der Waals surface area contributed by atoms with Gasteiger partial charge in [0.2, 0.25) is 5.95 Å². The minimum absolute atomic E-state index is 0.149. The van der Waals surface area contributed by atoms with Crippen LogP contribution in [0.4, 0.5) is 14.7 Å². The van der Waals surface area contributed by atoms with E-state index in [1.807, 2.05) is 6.92 Å². The summed E-state index contributed by atoms with van der Waals surface area (Å²) in [6, 6.07) is 0.149. The molecule has 9 heteroatoms. The summed E-state index contributed by atoms with van der Waals surface area (Å²) in [4.78, 5) is 13.1. The van der Waals surface area contributed by atoms with Gasteiger partial charge in [-0.15, -0.1) is 0 Å². The van der Waals surface area contributed by atoms with E-state index in [0.29, 0.717) is 29.3 Å². The minimum Gasteiger partial charge on any atom is -0.351 e. The van der Waals surface area contributed by atoms with Crippen molar-refractivity contribution in [2.45, 2.75) is 51.4 Å². The first kappa shape index (κ1) is 17.9. The van der Waals surface area contributed by atoms with Gasteiger partial charge in [0.25, 0.3) is 0 Å². The van der Waals surface area contributed by atoms with Crippen molar-refractivity contribution >= 4 is 51.0 Å². The van der Waals surface area contributed by atoms with Crippen LogP contribution < -0.4 is 5.32 Å². The molecule has 24 heavy (non-hydrogen) atoms. The van der Waals surface area contributed by atoms with Gasteiger partial charge < -0.3 is 10.1 Å². The fourth-order valence-electron chi connectivity index (χ4n) is 2.87. The van der Waals surface area contributed by atoms with Crippen molar-refractivity contribution in [2.24, 2.45) is 0 Å². The number of nitrogens with zero attached hydrogens (tertiary/aromatic N) is 3. The van der Waals surface area contributed by atoms with Crippen LogP contribution in [-0.4, -0.2) is 33.7 Å². The van der Waals surface area contributed by atoms with Crippen molar-refractivity contribution in [1.29, 1.82) is 0 Å². The Labute approximate surface area is 156 Å². The second kappa shape index (κ2) is 7.57. The summed E-state index contributed by atoms with van der Waals surface area (Å²) in [5, 5.41) is 4.38. The van der Waals surface area contributed by atoms with E-state index < -0.39 is 6.61 Å². The summed E-state index contributed by atoms with van der Waals surface area (Å²) in [6.07, 6.45) is 3.98. The predicted octanol–water partition coefficient (Wildman–Crippen LogP) is 4.55. The van der Waals surface area contributed by atoms with Gasteiger partial charge in [-0.05, 0) is 55.2 Å². The summed E-state index contributed by atoms with van der Waals surface area (Å²) >= 11 is 8.34. The highest BCUT2D eigenvalue weighted by Crippen LogP contribution is 2.28. The zero-order valence-corrected chi connectivity index (χ0v) is 15.8. The molecule has 2 aromatic heterocycles. The van der Waals surface area contributed by atoms with E-state index in [4.69, 9.17) is 11.6 Å². The Morgan fingerprint density at radius 1 is 1.29 bits per heavy atom. The lowest BCUT2D eigenvalue weighted by molar-refractivity contribution is -0.169. The topological polar surface area (TPSA) is 59.9 Å². The van der Waals surface area contributed by atoms with E-state index in [1.165, 1.54) is 0 Å². The van der Waals surface area contributed by atoms with E-state index in [1.54, 1.807) is 6.20 Å². The van der Waals surface area contributed by atoms with Gasteiger partial charge >= 0.3 is 6.61 Å². The van der Waals surface area contributed by atoms with Crippen molar-refractivity contribution in [1.82, 2.24) is 15.0 Å². The third-order valence-corrected chi connectivity index (χ3v) is 5.68. The third kappa shape index (κ3) is 4.02. The van der Waals surface area contributed by atoms with Crippen LogP contribution in [-0.2, 0) is 4.74 Å². The Kier molecular flexibility index (Phi) is 5.66. The Hall–Kier alpha value is -0.870. The highest BCUT2D eigenvalue weighted by Gasteiger charge is 2.24. The molecule has 0 bridgehead atoms. The Balaban J connectivity index is 1.71. The molecule has 0 amide bonds. The normalized spacial score (nSPS) is 21.4. The number of hydrogen-bond donors (Lipinski definition) is 1. The third-order valence-electron chi connectivity index (χ3n) is 4.11. The molecule has 1 N–H and O–H groups in total. The fraction of sp³-hybridized carbons (Fsp3) is 0.533. The molecule has 0 aromatic carbocycles. The zero-order valence-electron chi connectivity index (χ0n) is 12.9. The maximum atomic E-state index is 12.2. The van der Waals surface area contributed by atoms with Gasteiger partial charge in [-0.3, -0.25) is 0 Å². The van der Waals surface area contributed by atoms with Crippen LogP contribution in [0.2, 0.25) is 5.15 Å². The van der Waals surface area contributed by atoms with Crippen LogP contribution in [0.15, 0.2) is 6.20 Å². The standard InChI is InChI=1S/C15H16ClF2IN4O/c1-7-11(19)12-10(13(16)21-7)6-20-15(23-12)22-8-2-4-9(5-3-8)24-14(17)18/h6,8-9,14H,2-5H2,1H3,(H,20,22,23). The lowest BCUT2D eigenvalue weighted by Gasteiger charge is -2.28. The van der Waals surface area contributed by atoms with E-state index in [2.05, 4.69) is 47.6 Å². The van der Waals surface area contributed by atoms with Gasteiger partial charge in [0.1, 0.15) is 5.15 Å². The van der Waals surface area contributed by atoms with Crippen molar-refractivity contribution in [3.05, 3.63) is 20.6 Å². The molecule has 0 unspecified atom stereocenters. The molecule has 0 radical (unpaired) electrons. The van der Waals surface area contributed by atoms with Gasteiger partial charge in [0.05, 0.1) is 26.3 Å². The van der Waals surface area contributed by atoms with Crippen LogP contribution >= 0.6 is 34.2 Å². The van der Waals surface area contributed by atoms with Gasteiger partial charge in [0.15, 0.2) is 0 Å². The molecule has 1 aliphatic rings. The zero-order chi connectivity index (χ0) is 17.3. The van der Waals surface area contributed by atoms with Crippen molar-refractivity contribution in [3.63, 3.8) is 0 Å². The maximum absolute atomic E-state index is 12.2. The number of alkyl halides is 2. The Morgan fingerprint density at radius 2 is 2.00 bits per heavy atom. The van der Waals surface area contributed by atoms with Crippen molar-refractivity contribution < 1.29 is 13.5 Å². The predicted molar refractivity (Wildman–Crippen MR) is 96.6 cm³/mol. The maximum Gasteiger partial charge on any atom is 0.345 e. The van der Waals surface area contributed by atoms with Crippen LogP contribution in [0.1, 0.15) is 31.4 Å². The fourth-order valence-corrected chi connectivity index (χ4v) is 3.67. The minimum atomic E-state index is -2.70. The number of anilines is 1. The Morgan fingerprint density at radius 3 is 2.67 bits per heavy atom. The number of fused-ring (bicyclic) bond motifs is 1. The molecule has 3 rings (SSSR count). The smallest absolute Gasteiger partial charge is 0.345 e. The van der Waals surface area contributed by atoms with E-state index in [9.17, 15) is 8.78 Å². The summed E-state index contributed by atoms with van der Waals surface area (Å²) in [7, 11) is 0. The van der Waals surface area contributed by atoms with E-state index >= 15 is 0 Å². The number of aromatic nitrogens is 3. The number of aryl methyl sites for hydroxylation is 1. The molecule has 130 valence electrons. The van der Waals surface area contributed by atoms with Crippen LogP contribution in [0, 0.1) is 10.5 Å². The number of ether oxygens (including phenoxy) is 1. The number of rotatable bonds is 4. The van der Waals surface area contributed by atoms with Gasteiger partial charge in [-0.1, -0.05) is 11.6 Å². The number of hydrogen-bond acceptors (Lipinski definition) is 5. The SMILES string of the molecule is Cc1nc(Cl)c2cnc(NC3CCC(OC(F)F)CC3)nc2c1I. The van der Waals surface area contributed by atoms with Crippen LogP contribution in [0.5, 0.6) is 0 Å². The van der Waals surface area contributed by atoms with Crippen molar-refractivity contribution in [2.75, 3.05) is 5.32 Å². The summed E-state index contributed by atoms with van der Waals surface area (Å²) in [5.74, 6) is 0.514. The average molecular weight is 469 g/mol. The first-order chi connectivity index (χ1) is 11.4. The van der Waals surface area contributed by atoms with E-state index in [-0.39, 0.29) is 12.1 Å². The molecule has 5 nitrogen and oxygen atoms in total. The number of pyridine rings is 1. The highest BCUT2D eigenvalue weighted by molar-refractivity contribution is 14.1. The monoisotopic (exact) mass is 468 g/mol. The molecule has 2 heterocycles. The van der Waals surface area contributed by atoms with Gasteiger partial charge in [0, 0.05) is 12.2 Å². The quantitative estimate of drug-likeness (QED) is 0.527. The molecule has 1 saturated carbocycles. The largest absolute Gasteiger partial charge is 0.351 e. The summed E-state index contributed by atoms with van der Waals surface area (Å²) in [6.45, 7) is -0.820. The Bertz CT molecular complexity index is 741. The first-order valence-electron chi connectivity index (χ1n) is 7.62. The lowest BCUT2D eigenvalue weighted by atomic mass is 9.93. The number of halogens is 4. The summed E-state index contributed by atoms with van der Waals surface area (Å²) in [5.41, 5.74) is 1.59. The molecule has 0 saturated heterocycles. The second-order valence-electron chi connectivity index (χ2n) is 5.77. The lowest BCUT2D eigenvalue weighted by Crippen LogP contribution is -2.31. The molecule has 0 aliphatic heterocycles. The second-order valence-corrected chi connectivity index (χ2v) is 7.21. The van der Waals surface area contributed by atoms with Crippen molar-refractivity contribution in [3.8, 4) is 0 Å². The molecule has 0 atom stereocenters. The molecular formula is C15H16ClF2IN4O. The van der Waals surface area contributed by atoms with Gasteiger partial charge in [-0.25, -0.2) is 15.0 Å². The molecular weight excluding hydrogens is 453 g/mol. The van der Waals surface area contributed by atoms with E-state index in [0.717, 1.165) is 27.6 Å². The molecule has 1 aliphatic carbocycles. The van der Waals surface area contributed by atoms with Crippen LogP contribution in [0.3, 0.4) is 0 Å².